The highest BCUT2D eigenvalue weighted by atomic mass is 16.5. The highest BCUT2D eigenvalue weighted by Crippen LogP contribution is 2.09. The molecule has 11 heavy (non-hydrogen) atoms. The Hall–Kier alpha value is -1.78. The van der Waals surface area contributed by atoms with Gasteiger partial charge in [0.25, 0.3) is 0 Å². The van der Waals surface area contributed by atoms with Crippen LogP contribution in [-0.4, -0.2) is 11.0 Å². The van der Waals surface area contributed by atoms with E-state index < -0.39 is 17.4 Å². The minimum atomic E-state index is -0.946. The zero-order valence-electron chi connectivity index (χ0n) is 5.52. The van der Waals surface area contributed by atoms with E-state index in [9.17, 15) is 10.0 Å². The summed E-state index contributed by atoms with van der Waals surface area (Å²) in [5.74, 6) is -1.35. The fraction of sp³-hybridized carbons (Fsp3) is 0. The second-order valence-electron chi connectivity index (χ2n) is 1.93. The lowest BCUT2D eigenvalue weighted by atomic mass is 10.3. The van der Waals surface area contributed by atoms with E-state index in [1.165, 1.54) is 12.1 Å². The van der Waals surface area contributed by atoms with Crippen LogP contribution in [-0.2, 0) is 0 Å². The highest BCUT2D eigenvalue weighted by molar-refractivity contribution is 5.91. The Morgan fingerprint density at radius 2 is 2.36 bits per heavy atom. The Morgan fingerprint density at radius 3 is 2.73 bits per heavy atom. The van der Waals surface area contributed by atoms with Gasteiger partial charge >= 0.3 is 11.6 Å². The summed E-state index contributed by atoms with van der Waals surface area (Å²) in [6, 6.07) is 2.53. The van der Waals surface area contributed by atoms with Gasteiger partial charge in [-0.25, -0.2) is 0 Å². The first-order chi connectivity index (χ1) is 5.13. The minimum Gasteiger partial charge on any atom is -0.618 e. The maximum absolute atomic E-state index is 10.7. The number of nitrogens with zero attached hydrogens (tertiary/aromatic N) is 1. The summed E-state index contributed by atoms with van der Waals surface area (Å²) in [4.78, 5) is 10.5. The smallest absolute Gasteiger partial charge is 0.323 e. The molecule has 1 amide bonds. The number of hydrogen-bond donors (Lipinski definition) is 2. The lowest BCUT2D eigenvalue weighted by Crippen LogP contribution is -2.36. The van der Waals surface area contributed by atoms with Crippen molar-refractivity contribution in [3.63, 3.8) is 0 Å². The van der Waals surface area contributed by atoms with Gasteiger partial charge in [-0.05, 0) is 6.07 Å². The summed E-state index contributed by atoms with van der Waals surface area (Å²) >= 11 is 0. The number of carbonyl (C=O) groups is 1. The molecule has 0 aliphatic rings. The Labute approximate surface area is 62.3 Å². The van der Waals surface area contributed by atoms with Crippen molar-refractivity contribution in [3.8, 4) is 5.75 Å². The molecule has 5 heteroatoms. The number of primary amides is 1. The molecular weight excluding hydrogens is 148 g/mol. The maximum Gasteiger partial charge on any atom is 0.323 e. The molecule has 0 aliphatic heterocycles. The quantitative estimate of drug-likeness (QED) is 0.406. The second-order valence-corrected chi connectivity index (χ2v) is 1.93. The van der Waals surface area contributed by atoms with Gasteiger partial charge in [0, 0.05) is 6.07 Å². The van der Waals surface area contributed by atoms with Crippen LogP contribution in [0.3, 0.4) is 0 Å². The first kappa shape index (κ1) is 7.33. The minimum absolute atomic E-state index is 0.220. The van der Waals surface area contributed by atoms with Crippen LogP contribution in [0.5, 0.6) is 5.75 Å². The molecule has 0 bridgehead atoms. The lowest BCUT2D eigenvalue weighted by molar-refractivity contribution is -0.608. The second kappa shape index (κ2) is 2.45. The summed E-state index contributed by atoms with van der Waals surface area (Å²) in [7, 11) is 0. The molecule has 0 saturated carbocycles. The van der Waals surface area contributed by atoms with Gasteiger partial charge in [0.05, 0.1) is 0 Å². The monoisotopic (exact) mass is 154 g/mol. The average Bonchev–Trinajstić information content (AvgIpc) is 1.85. The molecular formula is C6H6N2O3. The van der Waals surface area contributed by atoms with Crippen LogP contribution in [0.2, 0.25) is 0 Å². The number of pyridine rings is 1. The Bertz CT molecular complexity index is 278. The number of hydrogen-bond acceptors (Lipinski definition) is 3. The van der Waals surface area contributed by atoms with Crippen LogP contribution in [0.25, 0.3) is 0 Å². The number of rotatable bonds is 1. The third-order valence-corrected chi connectivity index (χ3v) is 1.17. The van der Waals surface area contributed by atoms with Gasteiger partial charge in [-0.15, -0.1) is 0 Å². The largest absolute Gasteiger partial charge is 0.618 e. The van der Waals surface area contributed by atoms with Gasteiger partial charge in [0.2, 0.25) is 0 Å². The molecule has 1 heterocycles. The van der Waals surface area contributed by atoms with Crippen molar-refractivity contribution in [2.45, 2.75) is 0 Å². The zero-order valence-corrected chi connectivity index (χ0v) is 5.52. The number of amides is 1. The van der Waals surface area contributed by atoms with Gasteiger partial charge < -0.3 is 16.0 Å². The van der Waals surface area contributed by atoms with Crippen LogP contribution in [0.1, 0.15) is 10.5 Å². The van der Waals surface area contributed by atoms with Gasteiger partial charge in [0.15, 0.2) is 11.9 Å². The molecule has 1 aromatic rings. The van der Waals surface area contributed by atoms with Gasteiger partial charge in [-0.1, -0.05) is 0 Å². The predicted octanol–water partition coefficient (Wildman–Crippen LogP) is -0.875. The predicted molar refractivity (Wildman–Crippen MR) is 35.6 cm³/mol. The third-order valence-electron chi connectivity index (χ3n) is 1.17. The SMILES string of the molecule is NC(=O)c1c(O)ccc[n+]1[O-]. The first-order valence-corrected chi connectivity index (χ1v) is 2.84. The van der Waals surface area contributed by atoms with E-state index in [1.807, 2.05) is 0 Å². The topological polar surface area (TPSA) is 90.3 Å². The van der Waals surface area contributed by atoms with Crippen molar-refractivity contribution in [1.82, 2.24) is 0 Å². The van der Waals surface area contributed by atoms with Crippen LogP contribution in [0, 0.1) is 5.21 Å². The van der Waals surface area contributed by atoms with Gasteiger partial charge in [-0.3, -0.25) is 4.79 Å². The normalized spacial score (nSPS) is 9.45. The third kappa shape index (κ3) is 1.21. The molecule has 0 radical (unpaired) electrons. The molecule has 0 saturated heterocycles. The van der Waals surface area contributed by atoms with Crippen molar-refractivity contribution in [3.05, 3.63) is 29.2 Å². The number of nitrogens with two attached hydrogens (primary N) is 1. The van der Waals surface area contributed by atoms with E-state index in [-0.39, 0.29) is 4.73 Å². The van der Waals surface area contributed by atoms with E-state index in [1.54, 1.807) is 0 Å². The highest BCUT2D eigenvalue weighted by Gasteiger charge is 2.16. The maximum atomic E-state index is 10.7. The van der Waals surface area contributed by atoms with E-state index in [2.05, 4.69) is 0 Å². The van der Waals surface area contributed by atoms with Crippen LogP contribution in [0.15, 0.2) is 18.3 Å². The molecule has 0 aromatic carbocycles. The fourth-order valence-corrected chi connectivity index (χ4v) is 0.714. The first-order valence-electron chi connectivity index (χ1n) is 2.84. The Kier molecular flexibility index (Phi) is 1.63. The summed E-state index contributed by atoms with van der Waals surface area (Å²) in [5.41, 5.74) is 4.36. The van der Waals surface area contributed by atoms with Crippen LogP contribution in [0.4, 0.5) is 0 Å². The van der Waals surface area contributed by atoms with Crippen LogP contribution < -0.4 is 10.5 Å². The molecule has 0 fully saturated rings. The van der Waals surface area contributed by atoms with E-state index in [0.29, 0.717) is 0 Å². The lowest BCUT2D eigenvalue weighted by Gasteiger charge is -2.00. The van der Waals surface area contributed by atoms with Crippen molar-refractivity contribution in [2.75, 3.05) is 0 Å². The molecule has 1 aromatic heterocycles. The number of carbonyl (C=O) groups excluding carboxylic acids is 1. The molecule has 0 atom stereocenters. The van der Waals surface area contributed by atoms with Gasteiger partial charge in [0.1, 0.15) is 0 Å². The summed E-state index contributed by atoms with van der Waals surface area (Å²) in [5, 5.41) is 19.7. The summed E-state index contributed by atoms with van der Waals surface area (Å²) < 4.78 is 0.220. The van der Waals surface area contributed by atoms with Crippen molar-refractivity contribution in [1.29, 1.82) is 0 Å². The summed E-state index contributed by atoms with van der Waals surface area (Å²) in [6.07, 6.45) is 1.08. The van der Waals surface area contributed by atoms with Gasteiger partial charge in [-0.2, -0.15) is 4.73 Å². The van der Waals surface area contributed by atoms with E-state index in [0.717, 1.165) is 6.20 Å². The fourth-order valence-electron chi connectivity index (χ4n) is 0.714. The van der Waals surface area contributed by atoms with E-state index >= 15 is 0 Å². The average molecular weight is 154 g/mol. The molecule has 3 N–H and O–H groups in total. The molecule has 0 aliphatic carbocycles. The Morgan fingerprint density at radius 1 is 1.73 bits per heavy atom. The van der Waals surface area contributed by atoms with Crippen molar-refractivity contribution >= 4 is 5.91 Å². The van der Waals surface area contributed by atoms with Crippen molar-refractivity contribution < 1.29 is 14.6 Å². The molecule has 0 unspecified atom stereocenters. The molecule has 58 valence electrons. The van der Waals surface area contributed by atoms with Crippen LogP contribution >= 0.6 is 0 Å². The van der Waals surface area contributed by atoms with Crippen molar-refractivity contribution in [2.24, 2.45) is 5.73 Å². The molecule has 5 nitrogen and oxygen atoms in total. The Balaban J connectivity index is 3.32. The molecule has 1 rings (SSSR count). The standard InChI is InChI=1S/C6H6N2O3/c7-6(10)5-4(9)2-1-3-8(5)11/h1-3,9H,(H2,7,10). The molecule has 0 spiro atoms. The zero-order chi connectivity index (χ0) is 8.43. The van der Waals surface area contributed by atoms with E-state index in [4.69, 9.17) is 10.8 Å². The number of aromatic nitrogens is 1. The number of aromatic hydroxyl groups is 1. The summed E-state index contributed by atoms with van der Waals surface area (Å²) in [6.45, 7) is 0.